The van der Waals surface area contributed by atoms with Crippen LogP contribution in [-0.4, -0.2) is 26.5 Å². The number of rotatable bonds is 3. The van der Waals surface area contributed by atoms with Gasteiger partial charge in [0, 0.05) is 17.8 Å². The number of aromatic hydroxyl groups is 2. The number of hydrogen-bond acceptors (Lipinski definition) is 5. The molecule has 0 spiro atoms. The molecule has 2 N–H and O–H groups in total. The number of pyridine rings is 1. The highest BCUT2D eigenvalue weighted by atomic mass is 35.5. The lowest BCUT2D eigenvalue weighted by molar-refractivity contribution is 0.00109. The van der Waals surface area contributed by atoms with E-state index in [-0.39, 0.29) is 38.5 Å². The van der Waals surface area contributed by atoms with Gasteiger partial charge in [-0.15, -0.1) is 0 Å². The number of hydrogen-bond donors (Lipinski definition) is 2. The lowest BCUT2D eigenvalue weighted by Gasteiger charge is -2.18. The van der Waals surface area contributed by atoms with Crippen molar-refractivity contribution in [3.8, 4) is 11.5 Å². The highest BCUT2D eigenvalue weighted by Gasteiger charge is 2.21. The summed E-state index contributed by atoms with van der Waals surface area (Å²) in [6.07, 6.45) is 1.50. The van der Waals surface area contributed by atoms with Crippen LogP contribution in [0.2, 0.25) is 10.0 Å². The molecule has 5 nitrogen and oxygen atoms in total. The number of benzene rings is 1. The molecular formula is C16H16Cl2N2O3. The quantitative estimate of drug-likeness (QED) is 0.633. The second-order valence-corrected chi connectivity index (χ2v) is 6.61. The molecule has 0 bridgehead atoms. The Labute approximate surface area is 144 Å². The first kappa shape index (κ1) is 17.4. The van der Waals surface area contributed by atoms with Gasteiger partial charge >= 0.3 is 0 Å². The molecule has 0 aliphatic heterocycles. The van der Waals surface area contributed by atoms with Gasteiger partial charge in [-0.2, -0.15) is 0 Å². The van der Waals surface area contributed by atoms with Gasteiger partial charge in [0.15, 0.2) is 0 Å². The molecule has 1 aromatic heterocycles. The normalized spacial score (nSPS) is 12.3. The van der Waals surface area contributed by atoms with Crippen molar-refractivity contribution in [1.29, 1.82) is 0 Å². The maximum absolute atomic E-state index is 10.2. The van der Waals surface area contributed by atoms with Crippen LogP contribution in [-0.2, 0) is 4.84 Å². The minimum atomic E-state index is -0.568. The van der Waals surface area contributed by atoms with Crippen LogP contribution in [0, 0.1) is 0 Å². The van der Waals surface area contributed by atoms with Crippen LogP contribution in [0.1, 0.15) is 32.0 Å². The minimum Gasteiger partial charge on any atom is -0.507 e. The van der Waals surface area contributed by atoms with E-state index in [4.69, 9.17) is 28.0 Å². The molecule has 122 valence electrons. The number of aromatic nitrogens is 1. The molecule has 23 heavy (non-hydrogen) atoms. The van der Waals surface area contributed by atoms with Crippen LogP contribution in [0.4, 0.5) is 0 Å². The zero-order valence-corrected chi connectivity index (χ0v) is 14.4. The Morgan fingerprint density at radius 2 is 1.78 bits per heavy atom. The summed E-state index contributed by atoms with van der Waals surface area (Å²) >= 11 is 11.9. The zero-order valence-electron chi connectivity index (χ0n) is 12.8. The molecule has 0 saturated carbocycles. The fraction of sp³-hybridized carbons (Fsp3) is 0.250. The molecule has 2 aromatic rings. The van der Waals surface area contributed by atoms with Crippen molar-refractivity contribution in [2.75, 3.05) is 0 Å². The number of oxime groups is 1. The molecule has 0 radical (unpaired) electrons. The topological polar surface area (TPSA) is 74.9 Å². The van der Waals surface area contributed by atoms with Gasteiger partial charge in [0.2, 0.25) is 0 Å². The Morgan fingerprint density at radius 1 is 1.13 bits per heavy atom. The van der Waals surface area contributed by atoms with E-state index in [1.807, 2.05) is 20.8 Å². The molecule has 0 amide bonds. The Balaban J connectivity index is 2.64. The van der Waals surface area contributed by atoms with Crippen LogP contribution in [0.5, 0.6) is 11.5 Å². The monoisotopic (exact) mass is 354 g/mol. The van der Waals surface area contributed by atoms with Crippen molar-refractivity contribution in [2.24, 2.45) is 5.16 Å². The number of phenols is 1. The molecule has 7 heteroatoms. The van der Waals surface area contributed by atoms with E-state index < -0.39 is 5.60 Å². The first-order valence-corrected chi connectivity index (χ1v) is 7.53. The van der Waals surface area contributed by atoms with Crippen LogP contribution < -0.4 is 0 Å². The van der Waals surface area contributed by atoms with Gasteiger partial charge in [-0.1, -0.05) is 28.4 Å². The standard InChI is InChI=1S/C16H16Cl2N2O3/c1-16(2,3)23-20-14(15-12(21)5-4-6-19-15)9-7-10(17)11(18)8-13(9)22/h4-8,21-22H,1-3H3/b20-14-. The highest BCUT2D eigenvalue weighted by molar-refractivity contribution is 6.42. The second kappa shape index (κ2) is 6.64. The molecule has 1 aromatic carbocycles. The largest absolute Gasteiger partial charge is 0.507 e. The summed E-state index contributed by atoms with van der Waals surface area (Å²) in [6, 6.07) is 5.78. The summed E-state index contributed by atoms with van der Waals surface area (Å²) < 4.78 is 0. The average Bonchev–Trinajstić information content (AvgIpc) is 2.45. The van der Waals surface area contributed by atoms with Gasteiger partial charge in [0.1, 0.15) is 28.5 Å². The summed E-state index contributed by atoms with van der Waals surface area (Å²) in [4.78, 5) is 9.53. The van der Waals surface area contributed by atoms with Crippen LogP contribution in [0.3, 0.4) is 0 Å². The van der Waals surface area contributed by atoms with E-state index in [2.05, 4.69) is 10.1 Å². The van der Waals surface area contributed by atoms with E-state index in [9.17, 15) is 10.2 Å². The summed E-state index contributed by atoms with van der Waals surface area (Å²) in [5, 5.41) is 24.7. The van der Waals surface area contributed by atoms with Crippen molar-refractivity contribution in [2.45, 2.75) is 26.4 Å². The lowest BCUT2D eigenvalue weighted by Crippen LogP contribution is -2.18. The molecule has 0 aliphatic carbocycles. The Hall–Kier alpha value is -1.98. The van der Waals surface area contributed by atoms with Crippen molar-refractivity contribution in [3.63, 3.8) is 0 Å². The molecule has 0 aliphatic rings. The first-order valence-electron chi connectivity index (χ1n) is 6.78. The third-order valence-corrected chi connectivity index (χ3v) is 3.44. The Bertz CT molecular complexity index is 755. The summed E-state index contributed by atoms with van der Waals surface area (Å²) in [5.74, 6) is -0.255. The fourth-order valence-electron chi connectivity index (χ4n) is 1.71. The van der Waals surface area contributed by atoms with E-state index >= 15 is 0 Å². The van der Waals surface area contributed by atoms with Crippen LogP contribution >= 0.6 is 23.2 Å². The van der Waals surface area contributed by atoms with Gasteiger partial charge in [-0.05, 0) is 39.0 Å². The molecule has 0 saturated heterocycles. The minimum absolute atomic E-state index is 0.103. The van der Waals surface area contributed by atoms with E-state index in [1.54, 1.807) is 6.07 Å². The van der Waals surface area contributed by atoms with Crippen LogP contribution in [0.15, 0.2) is 35.6 Å². The molecule has 0 atom stereocenters. The predicted octanol–water partition coefficient (Wildman–Crippen LogP) is 4.37. The van der Waals surface area contributed by atoms with E-state index in [1.165, 1.54) is 24.4 Å². The third kappa shape index (κ3) is 4.27. The van der Waals surface area contributed by atoms with Gasteiger partial charge in [0.25, 0.3) is 0 Å². The van der Waals surface area contributed by atoms with E-state index in [0.717, 1.165) is 0 Å². The molecule has 1 heterocycles. The maximum Gasteiger partial charge on any atom is 0.143 e. The van der Waals surface area contributed by atoms with Crippen molar-refractivity contribution in [1.82, 2.24) is 4.98 Å². The van der Waals surface area contributed by atoms with Crippen molar-refractivity contribution in [3.05, 3.63) is 51.8 Å². The lowest BCUT2D eigenvalue weighted by atomic mass is 10.0. The average molecular weight is 355 g/mol. The zero-order chi connectivity index (χ0) is 17.2. The second-order valence-electron chi connectivity index (χ2n) is 5.80. The number of phenolic OH excluding ortho intramolecular Hbond substituents is 1. The highest BCUT2D eigenvalue weighted by Crippen LogP contribution is 2.32. The fourth-order valence-corrected chi connectivity index (χ4v) is 2.03. The third-order valence-electron chi connectivity index (χ3n) is 2.72. The van der Waals surface area contributed by atoms with Crippen molar-refractivity contribution < 1.29 is 15.1 Å². The smallest absolute Gasteiger partial charge is 0.143 e. The number of halogens is 2. The number of nitrogens with zero attached hydrogens (tertiary/aromatic N) is 2. The SMILES string of the molecule is CC(C)(C)O/N=C(/c1cc(Cl)c(Cl)cc1O)c1ncccc1O. The molecular weight excluding hydrogens is 339 g/mol. The maximum atomic E-state index is 10.2. The van der Waals surface area contributed by atoms with Gasteiger partial charge < -0.3 is 15.1 Å². The van der Waals surface area contributed by atoms with Crippen LogP contribution in [0.25, 0.3) is 0 Å². The van der Waals surface area contributed by atoms with E-state index in [0.29, 0.717) is 0 Å². The summed E-state index contributed by atoms with van der Waals surface area (Å²) in [5.41, 5.74) is -0.0150. The van der Waals surface area contributed by atoms with Crippen molar-refractivity contribution >= 4 is 28.9 Å². The van der Waals surface area contributed by atoms with Gasteiger partial charge in [-0.3, -0.25) is 4.98 Å². The molecule has 0 unspecified atom stereocenters. The Morgan fingerprint density at radius 3 is 2.39 bits per heavy atom. The summed E-state index contributed by atoms with van der Waals surface area (Å²) in [6.45, 7) is 5.46. The van der Waals surface area contributed by atoms with Gasteiger partial charge in [0.05, 0.1) is 10.0 Å². The molecule has 0 fully saturated rings. The van der Waals surface area contributed by atoms with Gasteiger partial charge in [-0.25, -0.2) is 0 Å². The Kier molecular flexibility index (Phi) is 5.02. The predicted molar refractivity (Wildman–Crippen MR) is 90.5 cm³/mol. The summed E-state index contributed by atoms with van der Waals surface area (Å²) in [7, 11) is 0. The first-order chi connectivity index (χ1) is 10.7. The molecule has 2 rings (SSSR count).